The van der Waals surface area contributed by atoms with Gasteiger partial charge in [0.05, 0.1) is 36.3 Å². The Kier molecular flexibility index (Phi) is 4.79. The summed E-state index contributed by atoms with van der Waals surface area (Å²) >= 11 is 0. The van der Waals surface area contributed by atoms with Crippen LogP contribution in [0.3, 0.4) is 0 Å². The average molecular weight is 481 g/mol. The topological polar surface area (TPSA) is 84.3 Å². The zero-order valence-electron chi connectivity index (χ0n) is 20.3. The Morgan fingerprint density at radius 1 is 1.03 bits per heavy atom. The molecule has 3 aromatic heterocycles. The number of fused-ring (bicyclic) bond motifs is 2. The number of carbonyl (C=O) groups excluding carboxylic acids is 1. The molecule has 1 spiro atoms. The molecule has 1 aromatic carbocycles. The molecule has 1 amide bonds. The molecule has 0 saturated carbocycles. The van der Waals surface area contributed by atoms with E-state index >= 15 is 0 Å². The lowest BCUT2D eigenvalue weighted by Gasteiger charge is -2.47. The third-order valence-corrected chi connectivity index (χ3v) is 8.04. The highest BCUT2D eigenvalue weighted by atomic mass is 16.5. The summed E-state index contributed by atoms with van der Waals surface area (Å²) in [4.78, 5) is 24.5. The molecule has 0 unspecified atom stereocenters. The van der Waals surface area contributed by atoms with Gasteiger partial charge in [0.15, 0.2) is 0 Å². The number of rotatable bonds is 4. The lowest BCUT2D eigenvalue weighted by Crippen LogP contribution is -2.50. The predicted octanol–water partition coefficient (Wildman–Crippen LogP) is 4.24. The van der Waals surface area contributed by atoms with Gasteiger partial charge in [0.2, 0.25) is 0 Å². The van der Waals surface area contributed by atoms with Crippen LogP contribution in [0.1, 0.15) is 28.8 Å². The number of hydrogen-bond acceptors (Lipinski definition) is 6. The highest BCUT2D eigenvalue weighted by Gasteiger charge is 2.41. The first-order valence-electron chi connectivity index (χ1n) is 12.5. The van der Waals surface area contributed by atoms with Crippen LogP contribution in [0.2, 0.25) is 0 Å². The number of nitrogens with zero attached hydrogens (tertiary/aromatic N) is 4. The van der Waals surface area contributed by atoms with E-state index in [0.717, 1.165) is 71.2 Å². The smallest absolute Gasteiger partial charge is 0.254 e. The van der Waals surface area contributed by atoms with Gasteiger partial charge in [-0.05, 0) is 59.9 Å². The lowest BCUT2D eigenvalue weighted by molar-refractivity contribution is -0.124. The van der Waals surface area contributed by atoms with Crippen LogP contribution >= 0.6 is 0 Å². The SMILES string of the molecule is Cn1ccc2c(-c3ccc(Nc4ccc(N5CCC6(CC5)COC6)cn4)c4c3CNC4=O)ccnc21. The van der Waals surface area contributed by atoms with Crippen LogP contribution in [-0.4, -0.2) is 46.7 Å². The van der Waals surface area contributed by atoms with Gasteiger partial charge in [-0.2, -0.15) is 0 Å². The second-order valence-electron chi connectivity index (χ2n) is 10.2. The van der Waals surface area contributed by atoms with Crippen molar-refractivity contribution in [2.45, 2.75) is 19.4 Å². The molecule has 6 heterocycles. The van der Waals surface area contributed by atoms with E-state index in [9.17, 15) is 4.79 Å². The van der Waals surface area contributed by atoms with Gasteiger partial charge in [0, 0.05) is 49.9 Å². The van der Waals surface area contributed by atoms with E-state index in [1.54, 1.807) is 0 Å². The summed E-state index contributed by atoms with van der Waals surface area (Å²) in [6, 6.07) is 12.3. The van der Waals surface area contributed by atoms with Crippen LogP contribution in [0.4, 0.5) is 17.2 Å². The minimum Gasteiger partial charge on any atom is -0.380 e. The molecule has 8 heteroatoms. The Morgan fingerprint density at radius 3 is 2.64 bits per heavy atom. The van der Waals surface area contributed by atoms with E-state index in [4.69, 9.17) is 4.74 Å². The molecule has 3 aliphatic heterocycles. The van der Waals surface area contributed by atoms with Crippen LogP contribution in [-0.2, 0) is 18.3 Å². The molecule has 36 heavy (non-hydrogen) atoms. The van der Waals surface area contributed by atoms with E-state index < -0.39 is 0 Å². The third kappa shape index (κ3) is 3.36. The Balaban J connectivity index is 1.16. The zero-order chi connectivity index (χ0) is 24.3. The molecule has 2 N–H and O–H groups in total. The van der Waals surface area contributed by atoms with Crippen molar-refractivity contribution >= 4 is 34.1 Å². The summed E-state index contributed by atoms with van der Waals surface area (Å²) in [6.45, 7) is 4.41. The summed E-state index contributed by atoms with van der Waals surface area (Å²) in [5, 5.41) is 7.48. The number of pyridine rings is 2. The normalized spacial score (nSPS) is 18.2. The van der Waals surface area contributed by atoms with Crippen LogP contribution < -0.4 is 15.5 Å². The standard InChI is InChI=1S/C28H28N6O2/c1-33-11-7-21-20(6-10-29-26(21)33)19-3-4-23(25-22(19)15-31-27(25)35)32-24-5-2-18(14-30-24)34-12-8-28(9-13-34)16-36-17-28/h2-7,10-11,14H,8-9,12-13,15-17H2,1H3,(H,30,32)(H,31,35). The van der Waals surface area contributed by atoms with Gasteiger partial charge >= 0.3 is 0 Å². The molecule has 7 rings (SSSR count). The van der Waals surface area contributed by atoms with Crippen molar-refractivity contribution in [3.05, 3.63) is 66.1 Å². The number of nitrogens with one attached hydrogen (secondary N) is 2. The maximum absolute atomic E-state index is 12.9. The first-order chi connectivity index (χ1) is 17.6. The Labute approximate surface area is 209 Å². The molecule has 0 radical (unpaired) electrons. The number of benzene rings is 1. The monoisotopic (exact) mass is 480 g/mol. The average Bonchev–Trinajstić information content (AvgIpc) is 3.47. The van der Waals surface area contributed by atoms with Gasteiger partial charge in [-0.3, -0.25) is 4.79 Å². The largest absolute Gasteiger partial charge is 0.380 e. The molecule has 2 saturated heterocycles. The number of amides is 1. The molecule has 8 nitrogen and oxygen atoms in total. The fraction of sp³-hybridized carbons (Fsp3) is 0.321. The van der Waals surface area contributed by atoms with Crippen LogP contribution in [0.15, 0.2) is 55.0 Å². The number of piperidine rings is 1. The van der Waals surface area contributed by atoms with Crippen LogP contribution in [0.25, 0.3) is 22.2 Å². The zero-order valence-corrected chi connectivity index (χ0v) is 20.3. The summed E-state index contributed by atoms with van der Waals surface area (Å²) in [6.07, 6.45) is 8.11. The first kappa shape index (κ1) is 21.4. The van der Waals surface area contributed by atoms with Crippen LogP contribution in [0.5, 0.6) is 0 Å². The molecule has 3 aliphatic rings. The maximum atomic E-state index is 12.9. The van der Waals surface area contributed by atoms with Gasteiger partial charge in [-0.1, -0.05) is 6.07 Å². The number of ether oxygens (including phenoxy) is 1. The Bertz CT molecular complexity index is 1480. The van der Waals surface area contributed by atoms with Crippen molar-refractivity contribution in [2.24, 2.45) is 12.5 Å². The summed E-state index contributed by atoms with van der Waals surface area (Å²) in [5.74, 6) is 0.662. The fourth-order valence-electron chi connectivity index (χ4n) is 5.81. The van der Waals surface area contributed by atoms with Crippen molar-refractivity contribution in [1.29, 1.82) is 0 Å². The lowest BCUT2D eigenvalue weighted by atomic mass is 9.77. The summed E-state index contributed by atoms with van der Waals surface area (Å²) in [5.41, 5.74) is 7.07. The molecule has 0 aliphatic carbocycles. The predicted molar refractivity (Wildman–Crippen MR) is 140 cm³/mol. The number of anilines is 3. The van der Waals surface area contributed by atoms with Crippen molar-refractivity contribution in [1.82, 2.24) is 19.9 Å². The maximum Gasteiger partial charge on any atom is 0.254 e. The highest BCUT2D eigenvalue weighted by Crippen LogP contribution is 2.40. The minimum atomic E-state index is -0.0634. The third-order valence-electron chi connectivity index (χ3n) is 8.04. The molecular formula is C28H28N6O2. The van der Waals surface area contributed by atoms with E-state index in [-0.39, 0.29) is 5.91 Å². The molecular weight excluding hydrogens is 452 g/mol. The molecule has 182 valence electrons. The number of aryl methyl sites for hydroxylation is 1. The van der Waals surface area contributed by atoms with Gasteiger partial charge in [-0.15, -0.1) is 0 Å². The second-order valence-corrected chi connectivity index (χ2v) is 10.2. The van der Waals surface area contributed by atoms with Gasteiger partial charge in [-0.25, -0.2) is 9.97 Å². The van der Waals surface area contributed by atoms with Crippen molar-refractivity contribution in [3.63, 3.8) is 0 Å². The van der Waals surface area contributed by atoms with E-state index in [1.165, 1.54) is 12.8 Å². The minimum absolute atomic E-state index is 0.0634. The van der Waals surface area contributed by atoms with E-state index in [1.807, 2.05) is 48.4 Å². The second kappa shape index (κ2) is 8.06. The van der Waals surface area contributed by atoms with Crippen molar-refractivity contribution in [3.8, 4) is 11.1 Å². The Morgan fingerprint density at radius 2 is 1.89 bits per heavy atom. The highest BCUT2D eigenvalue weighted by molar-refractivity contribution is 6.07. The number of carbonyl (C=O) groups is 1. The number of hydrogen-bond donors (Lipinski definition) is 2. The van der Waals surface area contributed by atoms with Crippen LogP contribution in [0, 0.1) is 5.41 Å². The number of aromatic nitrogens is 3. The van der Waals surface area contributed by atoms with Gasteiger partial charge < -0.3 is 24.8 Å². The van der Waals surface area contributed by atoms with Crippen molar-refractivity contribution in [2.75, 3.05) is 36.5 Å². The fourth-order valence-corrected chi connectivity index (χ4v) is 5.81. The molecule has 4 aromatic rings. The molecule has 2 fully saturated rings. The Hall–Kier alpha value is -3.91. The van der Waals surface area contributed by atoms with Gasteiger partial charge in [0.25, 0.3) is 5.91 Å². The summed E-state index contributed by atoms with van der Waals surface area (Å²) in [7, 11) is 1.99. The molecule has 0 atom stereocenters. The van der Waals surface area contributed by atoms with Crippen molar-refractivity contribution < 1.29 is 9.53 Å². The van der Waals surface area contributed by atoms with Gasteiger partial charge in [0.1, 0.15) is 11.5 Å². The summed E-state index contributed by atoms with van der Waals surface area (Å²) < 4.78 is 7.46. The first-order valence-corrected chi connectivity index (χ1v) is 12.5. The molecule has 0 bridgehead atoms. The van der Waals surface area contributed by atoms with E-state index in [0.29, 0.717) is 17.5 Å². The quantitative estimate of drug-likeness (QED) is 0.455. The van der Waals surface area contributed by atoms with E-state index in [2.05, 4.69) is 43.7 Å².